The molecule has 2 atom stereocenters. The molecule has 2 unspecified atom stereocenters. The third kappa shape index (κ3) is 8.09. The number of nitrogens with one attached hydrogen (secondary N) is 2. The SMILES string of the molecule is COCCOC(CCC(CNN)C1CCCCC1)CNN. The van der Waals surface area contributed by atoms with E-state index in [1.165, 1.54) is 32.1 Å². The maximum Gasteiger partial charge on any atom is 0.0714 e. The second-order valence-corrected chi connectivity index (χ2v) is 6.04. The summed E-state index contributed by atoms with van der Waals surface area (Å²) in [4.78, 5) is 0. The van der Waals surface area contributed by atoms with Gasteiger partial charge < -0.3 is 9.47 Å². The highest BCUT2D eigenvalue weighted by atomic mass is 16.5. The van der Waals surface area contributed by atoms with Crippen LogP contribution in [0, 0.1) is 11.8 Å². The first kappa shape index (κ1) is 18.8. The second kappa shape index (κ2) is 12.3. The first-order chi connectivity index (χ1) is 10.3. The summed E-state index contributed by atoms with van der Waals surface area (Å²) in [6.07, 6.45) is 9.10. The molecule has 1 rings (SSSR count). The fraction of sp³-hybridized carbons (Fsp3) is 1.00. The molecule has 0 bridgehead atoms. The van der Waals surface area contributed by atoms with Crippen molar-refractivity contribution in [2.45, 2.75) is 51.0 Å². The third-order valence-electron chi connectivity index (χ3n) is 4.54. The van der Waals surface area contributed by atoms with Crippen LogP contribution in [0.15, 0.2) is 0 Å². The van der Waals surface area contributed by atoms with Gasteiger partial charge in [-0.15, -0.1) is 0 Å². The molecule has 6 N–H and O–H groups in total. The van der Waals surface area contributed by atoms with Gasteiger partial charge in [0.15, 0.2) is 0 Å². The fourth-order valence-corrected chi connectivity index (χ4v) is 3.34. The molecule has 0 aromatic heterocycles. The van der Waals surface area contributed by atoms with E-state index in [9.17, 15) is 0 Å². The van der Waals surface area contributed by atoms with Crippen LogP contribution in [-0.2, 0) is 9.47 Å². The van der Waals surface area contributed by atoms with Crippen LogP contribution in [0.4, 0.5) is 0 Å². The van der Waals surface area contributed by atoms with Crippen molar-refractivity contribution in [3.8, 4) is 0 Å². The number of hydrazine groups is 2. The molecule has 6 nitrogen and oxygen atoms in total. The molecule has 0 spiro atoms. The number of hydrogen-bond acceptors (Lipinski definition) is 6. The number of ether oxygens (including phenoxy) is 2. The smallest absolute Gasteiger partial charge is 0.0714 e. The van der Waals surface area contributed by atoms with Gasteiger partial charge in [0.05, 0.1) is 19.3 Å². The van der Waals surface area contributed by atoms with Gasteiger partial charge >= 0.3 is 0 Å². The molecule has 1 aliphatic carbocycles. The van der Waals surface area contributed by atoms with Crippen LogP contribution in [-0.4, -0.2) is 39.5 Å². The Morgan fingerprint density at radius 2 is 1.71 bits per heavy atom. The van der Waals surface area contributed by atoms with Crippen LogP contribution in [0.25, 0.3) is 0 Å². The lowest BCUT2D eigenvalue weighted by atomic mass is 9.77. The van der Waals surface area contributed by atoms with E-state index >= 15 is 0 Å². The minimum Gasteiger partial charge on any atom is -0.382 e. The highest BCUT2D eigenvalue weighted by Crippen LogP contribution is 2.32. The van der Waals surface area contributed by atoms with E-state index < -0.39 is 0 Å². The Kier molecular flexibility index (Phi) is 11.0. The summed E-state index contributed by atoms with van der Waals surface area (Å²) in [5, 5.41) is 0. The van der Waals surface area contributed by atoms with E-state index in [1.54, 1.807) is 7.11 Å². The van der Waals surface area contributed by atoms with E-state index in [0.29, 0.717) is 25.7 Å². The average Bonchev–Trinajstić information content (AvgIpc) is 2.52. The van der Waals surface area contributed by atoms with Gasteiger partial charge in [0.2, 0.25) is 0 Å². The van der Waals surface area contributed by atoms with Crippen molar-refractivity contribution < 1.29 is 9.47 Å². The molecule has 21 heavy (non-hydrogen) atoms. The summed E-state index contributed by atoms with van der Waals surface area (Å²) in [5.41, 5.74) is 5.60. The van der Waals surface area contributed by atoms with Gasteiger partial charge in [0, 0.05) is 20.2 Å². The molecule has 1 aliphatic rings. The molecule has 6 heteroatoms. The zero-order valence-corrected chi connectivity index (χ0v) is 13.5. The van der Waals surface area contributed by atoms with Crippen LogP contribution in [0.3, 0.4) is 0 Å². The Balaban J connectivity index is 2.36. The van der Waals surface area contributed by atoms with Crippen molar-refractivity contribution in [3.63, 3.8) is 0 Å². The van der Waals surface area contributed by atoms with Gasteiger partial charge in [-0.25, -0.2) is 0 Å². The van der Waals surface area contributed by atoms with Crippen molar-refractivity contribution in [3.05, 3.63) is 0 Å². The predicted molar refractivity (Wildman–Crippen MR) is 85.3 cm³/mol. The summed E-state index contributed by atoms with van der Waals surface area (Å²) < 4.78 is 10.8. The first-order valence-corrected chi connectivity index (χ1v) is 8.29. The molecule has 126 valence electrons. The predicted octanol–water partition coefficient (Wildman–Crippen LogP) is 0.921. The zero-order valence-electron chi connectivity index (χ0n) is 13.5. The standard InChI is InChI=1S/C15H34N4O2/c1-20-9-10-21-15(12-19-17)8-7-14(11-18-16)13-5-3-2-4-6-13/h13-15,18-19H,2-12,16-17H2,1H3. The van der Waals surface area contributed by atoms with Gasteiger partial charge in [-0.2, -0.15) is 0 Å². The molecule has 1 fully saturated rings. The van der Waals surface area contributed by atoms with E-state index in [1.807, 2.05) is 0 Å². The minimum absolute atomic E-state index is 0.147. The molecule has 0 aromatic rings. The van der Waals surface area contributed by atoms with Gasteiger partial charge in [0.25, 0.3) is 0 Å². The Morgan fingerprint density at radius 1 is 1.00 bits per heavy atom. The lowest BCUT2D eigenvalue weighted by Crippen LogP contribution is -2.37. The van der Waals surface area contributed by atoms with Gasteiger partial charge in [-0.1, -0.05) is 32.1 Å². The largest absolute Gasteiger partial charge is 0.382 e. The second-order valence-electron chi connectivity index (χ2n) is 6.04. The molecular formula is C15H34N4O2. The van der Waals surface area contributed by atoms with Crippen LogP contribution < -0.4 is 22.5 Å². The average molecular weight is 302 g/mol. The monoisotopic (exact) mass is 302 g/mol. The minimum atomic E-state index is 0.147. The summed E-state index contributed by atoms with van der Waals surface area (Å²) in [6.45, 7) is 2.81. The van der Waals surface area contributed by atoms with Crippen molar-refractivity contribution in [1.29, 1.82) is 0 Å². The third-order valence-corrected chi connectivity index (χ3v) is 4.54. The highest BCUT2D eigenvalue weighted by molar-refractivity contribution is 4.77. The summed E-state index contributed by atoms with van der Waals surface area (Å²) in [7, 11) is 1.69. The normalized spacial score (nSPS) is 19.6. The molecule has 0 saturated heterocycles. The highest BCUT2D eigenvalue weighted by Gasteiger charge is 2.24. The molecule has 1 saturated carbocycles. The maximum absolute atomic E-state index is 5.82. The first-order valence-electron chi connectivity index (χ1n) is 8.29. The zero-order chi connectivity index (χ0) is 15.3. The van der Waals surface area contributed by atoms with Crippen molar-refractivity contribution in [2.24, 2.45) is 23.5 Å². The summed E-state index contributed by atoms with van der Waals surface area (Å²) >= 11 is 0. The molecule has 0 aromatic carbocycles. The van der Waals surface area contributed by atoms with Crippen molar-refractivity contribution in [2.75, 3.05) is 33.4 Å². The van der Waals surface area contributed by atoms with Crippen molar-refractivity contribution >= 4 is 0 Å². The number of methoxy groups -OCH3 is 1. The number of hydrogen-bond donors (Lipinski definition) is 4. The van der Waals surface area contributed by atoms with Gasteiger partial charge in [0.1, 0.15) is 0 Å². The number of rotatable bonds is 12. The summed E-state index contributed by atoms with van der Waals surface area (Å²) in [5.74, 6) is 12.5. The van der Waals surface area contributed by atoms with Gasteiger partial charge in [-0.3, -0.25) is 22.5 Å². The van der Waals surface area contributed by atoms with Crippen LogP contribution in [0.2, 0.25) is 0 Å². The van der Waals surface area contributed by atoms with Crippen LogP contribution in [0.5, 0.6) is 0 Å². The number of nitrogens with two attached hydrogens (primary N) is 2. The molecule has 0 amide bonds. The summed E-state index contributed by atoms with van der Waals surface area (Å²) in [6, 6.07) is 0. The topological polar surface area (TPSA) is 94.6 Å². The Labute approximate surface area is 129 Å². The van der Waals surface area contributed by atoms with Gasteiger partial charge in [-0.05, 0) is 24.7 Å². The Morgan fingerprint density at radius 3 is 2.33 bits per heavy atom. The van der Waals surface area contributed by atoms with E-state index in [-0.39, 0.29) is 6.10 Å². The Bertz CT molecular complexity index is 238. The molecule has 0 aliphatic heterocycles. The quantitative estimate of drug-likeness (QED) is 0.243. The van der Waals surface area contributed by atoms with Crippen LogP contribution >= 0.6 is 0 Å². The molecular weight excluding hydrogens is 268 g/mol. The van der Waals surface area contributed by atoms with E-state index in [0.717, 1.165) is 25.3 Å². The maximum atomic E-state index is 5.82. The fourth-order valence-electron chi connectivity index (χ4n) is 3.34. The lowest BCUT2D eigenvalue weighted by molar-refractivity contribution is 0.00910. The lowest BCUT2D eigenvalue weighted by Gasteiger charge is -2.31. The van der Waals surface area contributed by atoms with Crippen molar-refractivity contribution in [1.82, 2.24) is 10.9 Å². The Hall–Kier alpha value is -0.240. The van der Waals surface area contributed by atoms with E-state index in [2.05, 4.69) is 10.9 Å². The molecule has 0 radical (unpaired) electrons. The van der Waals surface area contributed by atoms with Crippen LogP contribution in [0.1, 0.15) is 44.9 Å². The van der Waals surface area contributed by atoms with E-state index in [4.69, 9.17) is 21.2 Å². The molecule has 0 heterocycles.